The Balaban J connectivity index is 2.40. The fourth-order valence-electron chi connectivity index (χ4n) is 2.18. The molecule has 1 saturated heterocycles. The molecule has 1 fully saturated rings. The third-order valence-corrected chi connectivity index (χ3v) is 3.14. The van der Waals surface area contributed by atoms with Crippen LogP contribution in [0.5, 0.6) is 0 Å². The van der Waals surface area contributed by atoms with Crippen molar-refractivity contribution in [2.24, 2.45) is 0 Å². The smallest absolute Gasteiger partial charge is 0.340 e. The van der Waals surface area contributed by atoms with E-state index in [4.69, 9.17) is 4.74 Å². The first kappa shape index (κ1) is 13.3. The zero-order chi connectivity index (χ0) is 13.8. The van der Waals surface area contributed by atoms with E-state index in [1.807, 2.05) is 0 Å². The van der Waals surface area contributed by atoms with Crippen LogP contribution >= 0.6 is 0 Å². The predicted molar refractivity (Wildman–Crippen MR) is 68.3 cm³/mol. The number of hydrogen-bond acceptors (Lipinski definition) is 5. The molecule has 0 radical (unpaired) electrons. The van der Waals surface area contributed by atoms with Crippen molar-refractivity contribution in [3.63, 3.8) is 0 Å². The van der Waals surface area contributed by atoms with Crippen molar-refractivity contribution < 1.29 is 19.8 Å². The number of anilines is 1. The lowest BCUT2D eigenvalue weighted by Crippen LogP contribution is -2.89. The minimum atomic E-state index is -0.548. The monoisotopic (exact) mass is 266 g/mol. The van der Waals surface area contributed by atoms with Gasteiger partial charge in [0.25, 0.3) is 5.69 Å². The molecule has 0 spiro atoms. The largest absolute Gasteiger partial charge is 0.465 e. The van der Waals surface area contributed by atoms with Crippen LogP contribution in [0.4, 0.5) is 11.4 Å². The lowest BCUT2D eigenvalue weighted by Gasteiger charge is -2.28. The number of carbonyl (C=O) groups is 1. The van der Waals surface area contributed by atoms with E-state index in [2.05, 4.69) is 10.2 Å². The van der Waals surface area contributed by atoms with Gasteiger partial charge in [0.1, 0.15) is 0 Å². The van der Waals surface area contributed by atoms with Crippen molar-refractivity contribution in [3.8, 4) is 0 Å². The molecule has 7 heteroatoms. The minimum absolute atomic E-state index is 0.104. The van der Waals surface area contributed by atoms with E-state index in [-0.39, 0.29) is 11.3 Å². The number of piperazine rings is 1. The molecule has 2 rings (SSSR count). The summed E-state index contributed by atoms with van der Waals surface area (Å²) in [4.78, 5) is 24.1. The van der Waals surface area contributed by atoms with Crippen molar-refractivity contribution in [2.75, 3.05) is 38.2 Å². The quantitative estimate of drug-likeness (QED) is 0.463. The van der Waals surface area contributed by atoms with Gasteiger partial charge < -0.3 is 15.0 Å². The molecule has 0 saturated carbocycles. The first-order valence-electron chi connectivity index (χ1n) is 6.07. The molecule has 7 nitrogen and oxygen atoms in total. The molecule has 0 aliphatic carbocycles. The number of rotatable bonds is 3. The van der Waals surface area contributed by atoms with Crippen LogP contribution in [0.1, 0.15) is 10.4 Å². The maximum atomic E-state index is 11.8. The van der Waals surface area contributed by atoms with Crippen molar-refractivity contribution in [3.05, 3.63) is 33.9 Å². The van der Waals surface area contributed by atoms with Crippen LogP contribution in [0.25, 0.3) is 0 Å². The second-order valence-corrected chi connectivity index (χ2v) is 4.30. The minimum Gasteiger partial charge on any atom is -0.465 e. The van der Waals surface area contributed by atoms with Crippen LogP contribution in [0.2, 0.25) is 0 Å². The molecule has 1 heterocycles. The molecule has 19 heavy (non-hydrogen) atoms. The third-order valence-electron chi connectivity index (χ3n) is 3.14. The van der Waals surface area contributed by atoms with Crippen molar-refractivity contribution in [2.45, 2.75) is 0 Å². The number of benzene rings is 1. The highest BCUT2D eigenvalue weighted by Crippen LogP contribution is 2.26. The molecular formula is C12H16N3O4+. The number of nitro benzene ring substituents is 1. The molecule has 0 atom stereocenters. The summed E-state index contributed by atoms with van der Waals surface area (Å²) in [5.41, 5.74) is 0.844. The van der Waals surface area contributed by atoms with Crippen molar-refractivity contribution >= 4 is 17.3 Å². The van der Waals surface area contributed by atoms with E-state index in [0.717, 1.165) is 26.2 Å². The Kier molecular flexibility index (Phi) is 3.96. The molecular weight excluding hydrogens is 250 g/mol. The number of nitrogens with two attached hydrogens (primary N) is 1. The summed E-state index contributed by atoms with van der Waals surface area (Å²) in [6, 6.07) is 4.31. The summed E-state index contributed by atoms with van der Waals surface area (Å²) < 4.78 is 4.71. The van der Waals surface area contributed by atoms with Crippen LogP contribution in [0.3, 0.4) is 0 Å². The van der Waals surface area contributed by atoms with Gasteiger partial charge in [-0.2, -0.15) is 0 Å². The summed E-state index contributed by atoms with van der Waals surface area (Å²) in [5, 5.41) is 13.0. The third kappa shape index (κ3) is 2.82. The SMILES string of the molecule is COC(=O)c1cc([N+](=O)[O-])ccc1N1CC[NH2+]CC1. The Bertz CT molecular complexity index is 498. The number of non-ortho nitro benzene ring substituents is 1. The van der Waals surface area contributed by atoms with E-state index < -0.39 is 10.9 Å². The van der Waals surface area contributed by atoms with Crippen LogP contribution < -0.4 is 10.2 Å². The average molecular weight is 266 g/mol. The van der Waals surface area contributed by atoms with Gasteiger partial charge in [-0.1, -0.05) is 0 Å². The van der Waals surface area contributed by atoms with E-state index in [0.29, 0.717) is 5.69 Å². The lowest BCUT2D eigenvalue weighted by molar-refractivity contribution is -0.655. The highest BCUT2D eigenvalue weighted by atomic mass is 16.6. The number of nitro groups is 1. The van der Waals surface area contributed by atoms with Crippen molar-refractivity contribution in [1.82, 2.24) is 0 Å². The molecule has 102 valence electrons. The fourth-order valence-corrected chi connectivity index (χ4v) is 2.18. The van der Waals surface area contributed by atoms with Gasteiger partial charge in [0.2, 0.25) is 0 Å². The van der Waals surface area contributed by atoms with Gasteiger partial charge in [0, 0.05) is 12.1 Å². The first-order chi connectivity index (χ1) is 9.13. The summed E-state index contributed by atoms with van der Waals surface area (Å²) in [5.74, 6) is -0.548. The van der Waals surface area contributed by atoms with E-state index in [9.17, 15) is 14.9 Å². The standard InChI is InChI=1S/C12H15N3O4/c1-19-12(16)10-8-9(15(17)18)2-3-11(10)14-6-4-13-5-7-14/h2-3,8,13H,4-7H2,1H3/p+1. The van der Waals surface area contributed by atoms with E-state index in [1.54, 1.807) is 6.07 Å². The number of esters is 1. The number of methoxy groups -OCH3 is 1. The fraction of sp³-hybridized carbons (Fsp3) is 0.417. The highest BCUT2D eigenvalue weighted by molar-refractivity contribution is 5.96. The number of ether oxygens (including phenoxy) is 1. The Hall–Kier alpha value is -2.15. The second-order valence-electron chi connectivity index (χ2n) is 4.30. The first-order valence-corrected chi connectivity index (χ1v) is 6.07. The Labute approximate surface area is 110 Å². The van der Waals surface area contributed by atoms with Crippen LogP contribution in [0, 0.1) is 10.1 Å². The number of hydrogen-bond donors (Lipinski definition) is 1. The topological polar surface area (TPSA) is 89.3 Å². The van der Waals surface area contributed by atoms with Gasteiger partial charge in [0.15, 0.2) is 0 Å². The molecule has 0 unspecified atom stereocenters. The highest BCUT2D eigenvalue weighted by Gasteiger charge is 2.22. The Morgan fingerprint density at radius 3 is 2.68 bits per heavy atom. The molecule has 1 aliphatic heterocycles. The summed E-state index contributed by atoms with van der Waals surface area (Å²) in [6.45, 7) is 3.50. The molecule has 1 aromatic carbocycles. The number of quaternary nitrogens is 1. The van der Waals surface area contributed by atoms with E-state index >= 15 is 0 Å². The maximum Gasteiger partial charge on any atom is 0.340 e. The van der Waals surface area contributed by atoms with Gasteiger partial charge in [-0.25, -0.2) is 4.79 Å². The lowest BCUT2D eigenvalue weighted by atomic mass is 10.1. The average Bonchev–Trinajstić information content (AvgIpc) is 2.46. The van der Waals surface area contributed by atoms with Crippen LogP contribution in [-0.4, -0.2) is 44.2 Å². The van der Waals surface area contributed by atoms with Crippen LogP contribution in [-0.2, 0) is 4.74 Å². The van der Waals surface area contributed by atoms with Gasteiger partial charge in [-0.05, 0) is 6.07 Å². The zero-order valence-electron chi connectivity index (χ0n) is 10.7. The van der Waals surface area contributed by atoms with E-state index in [1.165, 1.54) is 19.2 Å². The maximum absolute atomic E-state index is 11.8. The summed E-state index contributed by atoms with van der Waals surface area (Å²) in [6.07, 6.45) is 0. The summed E-state index contributed by atoms with van der Waals surface area (Å²) in [7, 11) is 1.27. The predicted octanol–water partition coefficient (Wildman–Crippen LogP) is -0.235. The number of carbonyl (C=O) groups excluding carboxylic acids is 1. The second kappa shape index (κ2) is 5.66. The molecule has 1 aliphatic rings. The Morgan fingerprint density at radius 1 is 1.42 bits per heavy atom. The molecule has 0 bridgehead atoms. The van der Waals surface area contributed by atoms with Crippen molar-refractivity contribution in [1.29, 1.82) is 0 Å². The normalized spacial score (nSPS) is 15.1. The molecule has 0 amide bonds. The molecule has 0 aromatic heterocycles. The van der Waals surface area contributed by atoms with Gasteiger partial charge >= 0.3 is 5.97 Å². The molecule has 1 aromatic rings. The van der Waals surface area contributed by atoms with Gasteiger partial charge in [0.05, 0.1) is 49.5 Å². The Morgan fingerprint density at radius 2 is 2.11 bits per heavy atom. The van der Waals surface area contributed by atoms with Gasteiger partial charge in [-0.3, -0.25) is 10.1 Å². The number of nitrogens with zero attached hydrogens (tertiary/aromatic N) is 2. The zero-order valence-corrected chi connectivity index (χ0v) is 10.7. The van der Waals surface area contributed by atoms with Crippen LogP contribution in [0.15, 0.2) is 18.2 Å². The molecule has 2 N–H and O–H groups in total. The van der Waals surface area contributed by atoms with Gasteiger partial charge in [-0.15, -0.1) is 0 Å². The summed E-state index contributed by atoms with van der Waals surface area (Å²) >= 11 is 0.